The molecule has 1 rings (SSSR count). The zero-order chi connectivity index (χ0) is 10.1. The Hall–Kier alpha value is -1.28. The van der Waals surface area contributed by atoms with Crippen LogP contribution in [0.5, 0.6) is 0 Å². The summed E-state index contributed by atoms with van der Waals surface area (Å²) >= 11 is 5.34. The van der Waals surface area contributed by atoms with Crippen LogP contribution in [0.3, 0.4) is 0 Å². The number of rotatable bonds is 0. The predicted molar refractivity (Wildman–Crippen MR) is 40.0 cm³/mol. The van der Waals surface area contributed by atoms with Crippen molar-refractivity contribution in [2.75, 3.05) is 0 Å². The molecular weight excluding hydrogens is 205 g/mol. The number of hydrogen-bond donors (Lipinski definition) is 0. The average Bonchev–Trinajstić information content (AvgIpc) is 2.02. The van der Waals surface area contributed by atoms with E-state index in [2.05, 4.69) is 9.97 Å². The number of alkyl halides is 3. The van der Waals surface area contributed by atoms with Crippen molar-refractivity contribution in [3.63, 3.8) is 0 Å². The standard InChI is InChI=1S/C7H2ClF3N2/c1-2-4-3-12-6(7(9,10)11)13-5(4)8/h1,3H. The molecule has 0 unspecified atom stereocenters. The van der Waals surface area contributed by atoms with Gasteiger partial charge in [-0.1, -0.05) is 17.5 Å². The molecule has 0 N–H and O–H groups in total. The SMILES string of the molecule is C#Cc1cnc(C(F)(F)F)nc1Cl. The summed E-state index contributed by atoms with van der Waals surface area (Å²) in [5, 5.41) is -0.371. The smallest absolute Gasteiger partial charge is 0.232 e. The van der Waals surface area contributed by atoms with E-state index in [0.717, 1.165) is 6.20 Å². The molecule has 0 radical (unpaired) electrons. The minimum Gasteiger partial charge on any atom is -0.232 e. The fourth-order valence-electron chi connectivity index (χ4n) is 0.594. The van der Waals surface area contributed by atoms with E-state index < -0.39 is 12.0 Å². The summed E-state index contributed by atoms with van der Waals surface area (Å²) in [7, 11) is 0. The molecule has 0 atom stereocenters. The summed E-state index contributed by atoms with van der Waals surface area (Å²) < 4.78 is 35.9. The monoisotopic (exact) mass is 206 g/mol. The summed E-state index contributed by atoms with van der Waals surface area (Å²) in [6.07, 6.45) is 1.17. The molecule has 68 valence electrons. The first-order valence-electron chi connectivity index (χ1n) is 3.01. The first kappa shape index (κ1) is 9.81. The van der Waals surface area contributed by atoms with Gasteiger partial charge in [-0.2, -0.15) is 13.2 Å². The second-order valence-corrected chi connectivity index (χ2v) is 2.40. The van der Waals surface area contributed by atoms with Gasteiger partial charge in [0.2, 0.25) is 5.82 Å². The summed E-state index contributed by atoms with van der Waals surface area (Å²) in [6, 6.07) is 0. The van der Waals surface area contributed by atoms with Crippen molar-refractivity contribution in [3.05, 3.63) is 22.7 Å². The number of terminal acetylenes is 1. The third-order valence-electron chi connectivity index (χ3n) is 1.15. The number of halogens is 4. The molecule has 0 aliphatic rings. The molecule has 0 saturated heterocycles. The maximum absolute atomic E-state index is 12.0. The Balaban J connectivity index is 3.20. The minimum atomic E-state index is -4.60. The third kappa shape index (κ3) is 2.10. The van der Waals surface area contributed by atoms with Crippen LogP contribution in [0.2, 0.25) is 5.15 Å². The molecule has 0 aliphatic heterocycles. The Bertz CT molecular complexity index is 367. The van der Waals surface area contributed by atoms with Gasteiger partial charge >= 0.3 is 6.18 Å². The Labute approximate surface area is 76.8 Å². The Morgan fingerprint density at radius 3 is 2.46 bits per heavy atom. The van der Waals surface area contributed by atoms with E-state index in [1.165, 1.54) is 0 Å². The summed E-state index contributed by atoms with van der Waals surface area (Å²) in [5.74, 6) is 0.755. The Kier molecular flexibility index (Phi) is 2.43. The third-order valence-corrected chi connectivity index (χ3v) is 1.44. The molecule has 1 aromatic heterocycles. The van der Waals surface area contributed by atoms with Crippen LogP contribution in [0.15, 0.2) is 6.20 Å². The van der Waals surface area contributed by atoms with E-state index in [9.17, 15) is 13.2 Å². The summed E-state index contributed by atoms with van der Waals surface area (Å²) in [5.41, 5.74) is 0.0367. The van der Waals surface area contributed by atoms with Crippen LogP contribution in [-0.2, 0) is 6.18 Å². The quantitative estimate of drug-likeness (QED) is 0.480. The normalized spacial score (nSPS) is 11.0. The van der Waals surface area contributed by atoms with E-state index in [-0.39, 0.29) is 10.7 Å². The van der Waals surface area contributed by atoms with Crippen molar-refractivity contribution in [2.24, 2.45) is 0 Å². The van der Waals surface area contributed by atoms with Crippen LogP contribution < -0.4 is 0 Å². The minimum absolute atomic E-state index is 0.0367. The molecule has 0 amide bonds. The molecule has 1 aromatic rings. The van der Waals surface area contributed by atoms with E-state index in [1.807, 2.05) is 5.92 Å². The van der Waals surface area contributed by atoms with Crippen LogP contribution in [0.4, 0.5) is 13.2 Å². The topological polar surface area (TPSA) is 25.8 Å². The molecule has 2 nitrogen and oxygen atoms in total. The fraction of sp³-hybridized carbons (Fsp3) is 0.143. The van der Waals surface area contributed by atoms with Gasteiger partial charge in [-0.25, -0.2) is 9.97 Å². The van der Waals surface area contributed by atoms with Gasteiger partial charge in [-0.3, -0.25) is 0 Å². The van der Waals surface area contributed by atoms with E-state index in [4.69, 9.17) is 18.0 Å². The number of aromatic nitrogens is 2. The second-order valence-electron chi connectivity index (χ2n) is 2.04. The first-order valence-corrected chi connectivity index (χ1v) is 3.39. The van der Waals surface area contributed by atoms with Gasteiger partial charge in [0.15, 0.2) is 0 Å². The highest BCUT2D eigenvalue weighted by molar-refractivity contribution is 6.30. The maximum Gasteiger partial charge on any atom is 0.451 e. The van der Waals surface area contributed by atoms with E-state index >= 15 is 0 Å². The highest BCUT2D eigenvalue weighted by Gasteiger charge is 2.34. The molecule has 0 saturated carbocycles. The van der Waals surface area contributed by atoms with E-state index in [0.29, 0.717) is 0 Å². The van der Waals surface area contributed by atoms with Gasteiger partial charge in [0.05, 0.1) is 5.56 Å². The lowest BCUT2D eigenvalue weighted by atomic mass is 10.3. The van der Waals surface area contributed by atoms with Crippen LogP contribution in [0.1, 0.15) is 11.4 Å². The Morgan fingerprint density at radius 1 is 1.46 bits per heavy atom. The predicted octanol–water partition coefficient (Wildman–Crippen LogP) is 2.13. The van der Waals surface area contributed by atoms with Crippen molar-refractivity contribution < 1.29 is 13.2 Å². The van der Waals surface area contributed by atoms with Crippen LogP contribution in [-0.4, -0.2) is 9.97 Å². The zero-order valence-corrected chi connectivity index (χ0v) is 6.82. The highest BCUT2D eigenvalue weighted by Crippen LogP contribution is 2.27. The number of hydrogen-bond acceptors (Lipinski definition) is 2. The molecular formula is C7H2ClF3N2. The molecule has 0 aromatic carbocycles. The molecule has 0 fully saturated rings. The van der Waals surface area contributed by atoms with Gasteiger partial charge in [0.25, 0.3) is 0 Å². The van der Waals surface area contributed by atoms with Crippen molar-refractivity contribution >= 4 is 11.6 Å². The average molecular weight is 207 g/mol. The lowest BCUT2D eigenvalue weighted by Crippen LogP contribution is -2.11. The highest BCUT2D eigenvalue weighted by atomic mass is 35.5. The lowest BCUT2D eigenvalue weighted by Gasteiger charge is -2.04. The molecule has 13 heavy (non-hydrogen) atoms. The van der Waals surface area contributed by atoms with Gasteiger partial charge < -0.3 is 0 Å². The largest absolute Gasteiger partial charge is 0.451 e. The fourth-order valence-corrected chi connectivity index (χ4v) is 0.778. The van der Waals surface area contributed by atoms with Crippen LogP contribution >= 0.6 is 11.6 Å². The van der Waals surface area contributed by atoms with E-state index in [1.54, 1.807) is 0 Å². The van der Waals surface area contributed by atoms with Crippen LogP contribution in [0, 0.1) is 12.3 Å². The van der Waals surface area contributed by atoms with Crippen molar-refractivity contribution in [2.45, 2.75) is 6.18 Å². The lowest BCUT2D eigenvalue weighted by molar-refractivity contribution is -0.145. The van der Waals surface area contributed by atoms with Gasteiger partial charge in [0.1, 0.15) is 5.15 Å². The molecule has 1 heterocycles. The Morgan fingerprint density at radius 2 is 2.08 bits per heavy atom. The summed E-state index contributed by atoms with van der Waals surface area (Å²) in [6.45, 7) is 0. The van der Waals surface area contributed by atoms with Crippen molar-refractivity contribution in [1.82, 2.24) is 9.97 Å². The second kappa shape index (κ2) is 3.23. The first-order chi connectivity index (χ1) is 5.95. The van der Waals surface area contributed by atoms with Gasteiger partial charge in [-0.15, -0.1) is 6.42 Å². The van der Waals surface area contributed by atoms with Crippen LogP contribution in [0.25, 0.3) is 0 Å². The van der Waals surface area contributed by atoms with Gasteiger partial charge in [0, 0.05) is 6.20 Å². The molecule has 0 bridgehead atoms. The molecule has 0 aliphatic carbocycles. The summed E-state index contributed by atoms with van der Waals surface area (Å²) in [4.78, 5) is 6.02. The van der Waals surface area contributed by atoms with Crippen molar-refractivity contribution in [3.8, 4) is 12.3 Å². The zero-order valence-electron chi connectivity index (χ0n) is 6.06. The van der Waals surface area contributed by atoms with Gasteiger partial charge in [-0.05, 0) is 0 Å². The maximum atomic E-state index is 12.0. The molecule has 0 spiro atoms. The van der Waals surface area contributed by atoms with Crippen molar-refractivity contribution in [1.29, 1.82) is 0 Å². The molecule has 6 heteroatoms. The number of nitrogens with zero attached hydrogens (tertiary/aromatic N) is 2.